The fourth-order valence-electron chi connectivity index (χ4n) is 1.87. The molecule has 0 heterocycles. The number of benzene rings is 2. The summed E-state index contributed by atoms with van der Waals surface area (Å²) in [6, 6.07) is 14.3. The highest BCUT2D eigenvalue weighted by Crippen LogP contribution is 2.21. The molecule has 128 valence electrons. The van der Waals surface area contributed by atoms with Crippen molar-refractivity contribution in [3.8, 4) is 17.2 Å². The number of amides is 1. The predicted molar refractivity (Wildman–Crippen MR) is 92.8 cm³/mol. The zero-order valence-electron chi connectivity index (χ0n) is 13.4. The largest absolute Gasteiger partial charge is 0.493 e. The van der Waals surface area contributed by atoms with Crippen molar-refractivity contribution in [1.29, 1.82) is 0 Å². The second kappa shape index (κ2) is 9.03. The Balaban J connectivity index is 1.72. The summed E-state index contributed by atoms with van der Waals surface area (Å²) in [6.07, 6.45) is 0.0406. The molecule has 0 fully saturated rings. The van der Waals surface area contributed by atoms with Crippen molar-refractivity contribution < 1.29 is 19.0 Å². The van der Waals surface area contributed by atoms with Gasteiger partial charge in [0.15, 0.2) is 6.10 Å². The minimum absolute atomic E-state index is 0.502. The Morgan fingerprint density at radius 1 is 1.04 bits per heavy atom. The van der Waals surface area contributed by atoms with Crippen LogP contribution in [0.25, 0.3) is 0 Å². The van der Waals surface area contributed by atoms with Gasteiger partial charge in [0.1, 0.15) is 17.2 Å². The summed E-state index contributed by atoms with van der Waals surface area (Å²) in [5.74, 6) is 1.46. The van der Waals surface area contributed by atoms with E-state index in [1.165, 1.54) is 0 Å². The molecular weight excluding hydrogens is 330 g/mol. The molecule has 0 radical (unpaired) electrons. The van der Waals surface area contributed by atoms with Crippen LogP contribution < -0.4 is 19.9 Å². The van der Waals surface area contributed by atoms with Gasteiger partial charge in [0.2, 0.25) is 0 Å². The number of carbonyl (C=O) groups is 1. The Kier molecular flexibility index (Phi) is 6.75. The maximum atomic E-state index is 11.0. The number of nitrogens with two attached hydrogens (primary N) is 1. The van der Waals surface area contributed by atoms with Gasteiger partial charge in [-0.25, -0.2) is 0 Å². The fourth-order valence-corrected chi connectivity index (χ4v) is 2.00. The molecule has 1 atom stereocenters. The molecule has 0 aliphatic rings. The molecule has 2 aromatic rings. The maximum Gasteiger partial charge on any atom is 0.258 e. The van der Waals surface area contributed by atoms with Crippen LogP contribution in [0.1, 0.15) is 13.3 Å². The van der Waals surface area contributed by atoms with Crippen molar-refractivity contribution in [2.75, 3.05) is 13.2 Å². The van der Waals surface area contributed by atoms with Crippen LogP contribution in [0.15, 0.2) is 48.5 Å². The second-order valence-corrected chi connectivity index (χ2v) is 5.58. The van der Waals surface area contributed by atoms with E-state index in [1.54, 1.807) is 37.3 Å². The molecule has 2 rings (SSSR count). The van der Waals surface area contributed by atoms with E-state index in [4.69, 9.17) is 31.5 Å². The number of rotatable bonds is 9. The van der Waals surface area contributed by atoms with E-state index >= 15 is 0 Å². The van der Waals surface area contributed by atoms with Gasteiger partial charge < -0.3 is 19.9 Å². The zero-order chi connectivity index (χ0) is 17.4. The van der Waals surface area contributed by atoms with Crippen molar-refractivity contribution in [1.82, 2.24) is 0 Å². The molecule has 0 aromatic heterocycles. The lowest BCUT2D eigenvalue weighted by molar-refractivity contribution is -0.123. The summed E-state index contributed by atoms with van der Waals surface area (Å²) in [5.41, 5.74) is 5.18. The molecule has 0 bridgehead atoms. The van der Waals surface area contributed by atoms with Crippen LogP contribution in [0.4, 0.5) is 0 Å². The third-order valence-corrected chi connectivity index (χ3v) is 3.41. The third-order valence-electron chi connectivity index (χ3n) is 3.16. The van der Waals surface area contributed by atoms with E-state index in [1.807, 2.05) is 18.2 Å². The molecule has 2 aromatic carbocycles. The van der Waals surface area contributed by atoms with Gasteiger partial charge in [0, 0.05) is 17.5 Å². The highest BCUT2D eigenvalue weighted by molar-refractivity contribution is 6.30. The van der Waals surface area contributed by atoms with Gasteiger partial charge in [-0.15, -0.1) is 0 Å². The van der Waals surface area contributed by atoms with Crippen LogP contribution in [-0.4, -0.2) is 25.2 Å². The molecule has 1 amide bonds. The van der Waals surface area contributed by atoms with Crippen LogP contribution >= 0.6 is 11.6 Å². The molecule has 24 heavy (non-hydrogen) atoms. The van der Waals surface area contributed by atoms with Gasteiger partial charge in [-0.05, 0) is 43.3 Å². The Hall–Kier alpha value is -2.40. The quantitative estimate of drug-likeness (QED) is 0.704. The molecule has 6 heteroatoms. The summed E-state index contributed by atoms with van der Waals surface area (Å²) in [5, 5.41) is 0.679. The van der Waals surface area contributed by atoms with E-state index < -0.39 is 12.0 Å². The number of primary amides is 1. The summed E-state index contributed by atoms with van der Waals surface area (Å²) in [7, 11) is 0. The first-order valence-electron chi connectivity index (χ1n) is 7.62. The molecule has 1 unspecified atom stereocenters. The highest BCUT2D eigenvalue weighted by Gasteiger charge is 2.10. The average Bonchev–Trinajstić information content (AvgIpc) is 2.56. The number of carbonyl (C=O) groups excluding carboxylic acids is 1. The molecule has 0 aliphatic heterocycles. The van der Waals surface area contributed by atoms with E-state index in [-0.39, 0.29) is 0 Å². The van der Waals surface area contributed by atoms with E-state index in [0.29, 0.717) is 29.7 Å². The third kappa shape index (κ3) is 6.01. The number of halogens is 1. The monoisotopic (exact) mass is 349 g/mol. The van der Waals surface area contributed by atoms with E-state index in [0.717, 1.165) is 12.2 Å². The van der Waals surface area contributed by atoms with E-state index in [2.05, 4.69) is 0 Å². The Labute approximate surface area is 146 Å². The van der Waals surface area contributed by atoms with Gasteiger partial charge >= 0.3 is 0 Å². The lowest BCUT2D eigenvalue weighted by atomic mass is 10.3. The smallest absolute Gasteiger partial charge is 0.258 e. The second-order valence-electron chi connectivity index (χ2n) is 5.14. The maximum absolute atomic E-state index is 11.0. The van der Waals surface area contributed by atoms with Crippen molar-refractivity contribution >= 4 is 17.5 Å². The SMILES string of the molecule is CC(Oc1cccc(OCCCOc2ccc(Cl)cc2)c1)C(N)=O. The number of hydrogen-bond donors (Lipinski definition) is 1. The molecule has 5 nitrogen and oxygen atoms in total. The first kappa shape index (κ1) is 17.9. The van der Waals surface area contributed by atoms with Gasteiger partial charge in [-0.2, -0.15) is 0 Å². The Morgan fingerprint density at radius 3 is 2.33 bits per heavy atom. The standard InChI is InChI=1S/C18H20ClNO4/c1-13(18(20)21)24-17-5-2-4-16(12-17)23-11-3-10-22-15-8-6-14(19)7-9-15/h2,4-9,12-13H,3,10-11H2,1H3,(H2,20,21). The zero-order valence-corrected chi connectivity index (χ0v) is 14.2. The Bertz CT molecular complexity index is 660. The molecular formula is C18H20ClNO4. The predicted octanol–water partition coefficient (Wildman–Crippen LogP) is 3.44. The average molecular weight is 350 g/mol. The van der Waals surface area contributed by atoms with Crippen molar-refractivity contribution in [2.24, 2.45) is 5.73 Å². The minimum Gasteiger partial charge on any atom is -0.493 e. The molecule has 0 aliphatic carbocycles. The van der Waals surface area contributed by atoms with Crippen molar-refractivity contribution in [3.05, 3.63) is 53.6 Å². The minimum atomic E-state index is -0.687. The van der Waals surface area contributed by atoms with E-state index in [9.17, 15) is 4.79 Å². The van der Waals surface area contributed by atoms with Gasteiger partial charge in [-0.3, -0.25) is 4.79 Å². The lowest BCUT2D eigenvalue weighted by Crippen LogP contribution is -2.30. The molecule has 0 spiro atoms. The normalized spacial score (nSPS) is 11.6. The lowest BCUT2D eigenvalue weighted by Gasteiger charge is -2.13. The molecule has 0 saturated carbocycles. The summed E-state index contributed by atoms with van der Waals surface area (Å²) in [6.45, 7) is 2.64. The number of ether oxygens (including phenoxy) is 3. The fraction of sp³-hybridized carbons (Fsp3) is 0.278. The number of hydrogen-bond acceptors (Lipinski definition) is 4. The Morgan fingerprint density at radius 2 is 1.67 bits per heavy atom. The van der Waals surface area contributed by atoms with Crippen LogP contribution in [0.2, 0.25) is 5.02 Å². The first-order chi connectivity index (χ1) is 11.5. The van der Waals surface area contributed by atoms with Gasteiger partial charge in [0.05, 0.1) is 13.2 Å². The van der Waals surface area contributed by atoms with Crippen LogP contribution in [0.5, 0.6) is 17.2 Å². The van der Waals surface area contributed by atoms with Crippen LogP contribution in [0.3, 0.4) is 0 Å². The topological polar surface area (TPSA) is 70.8 Å². The van der Waals surface area contributed by atoms with Gasteiger partial charge in [-0.1, -0.05) is 17.7 Å². The molecule has 0 saturated heterocycles. The van der Waals surface area contributed by atoms with Crippen molar-refractivity contribution in [2.45, 2.75) is 19.4 Å². The van der Waals surface area contributed by atoms with Crippen LogP contribution in [-0.2, 0) is 4.79 Å². The van der Waals surface area contributed by atoms with Crippen LogP contribution in [0, 0.1) is 0 Å². The highest BCUT2D eigenvalue weighted by atomic mass is 35.5. The summed E-state index contributed by atoms with van der Waals surface area (Å²) >= 11 is 5.81. The molecule has 2 N–H and O–H groups in total. The van der Waals surface area contributed by atoms with Crippen molar-refractivity contribution in [3.63, 3.8) is 0 Å². The van der Waals surface area contributed by atoms with Gasteiger partial charge in [0.25, 0.3) is 5.91 Å². The summed E-state index contributed by atoms with van der Waals surface area (Å²) in [4.78, 5) is 11.0. The first-order valence-corrected chi connectivity index (χ1v) is 7.99. The summed E-state index contributed by atoms with van der Waals surface area (Å²) < 4.78 is 16.7.